The second-order valence-corrected chi connectivity index (χ2v) is 9.92. The fourth-order valence-electron chi connectivity index (χ4n) is 5.52. The summed E-state index contributed by atoms with van der Waals surface area (Å²) >= 11 is 0. The van der Waals surface area contributed by atoms with E-state index in [4.69, 9.17) is 24.1 Å². The Morgan fingerprint density at radius 1 is 1.08 bits per heavy atom. The number of carbonyl (C=O) groups is 1. The summed E-state index contributed by atoms with van der Waals surface area (Å²) in [4.78, 5) is 11.1. The van der Waals surface area contributed by atoms with Crippen molar-refractivity contribution in [2.24, 2.45) is 0 Å². The van der Waals surface area contributed by atoms with Gasteiger partial charge in [-0.1, -0.05) is 24.3 Å². The summed E-state index contributed by atoms with van der Waals surface area (Å²) < 4.78 is 23.6. The minimum Gasteiger partial charge on any atom is -0.492 e. The van der Waals surface area contributed by atoms with Crippen molar-refractivity contribution in [3.63, 3.8) is 0 Å². The van der Waals surface area contributed by atoms with E-state index in [1.54, 1.807) is 0 Å². The topological polar surface area (TPSA) is 74.2 Å². The summed E-state index contributed by atoms with van der Waals surface area (Å²) in [5.41, 5.74) is 8.50. The van der Waals surface area contributed by atoms with Gasteiger partial charge in [0, 0.05) is 24.0 Å². The van der Waals surface area contributed by atoms with Crippen molar-refractivity contribution in [3.8, 4) is 28.4 Å². The molecule has 0 amide bonds. The summed E-state index contributed by atoms with van der Waals surface area (Å²) in [6, 6.07) is 16.4. The van der Waals surface area contributed by atoms with E-state index in [2.05, 4.69) is 37.3 Å². The average molecular weight is 487 g/mol. The third-order valence-electron chi connectivity index (χ3n) is 7.42. The Morgan fingerprint density at radius 2 is 1.97 bits per heavy atom. The minimum atomic E-state index is -0.813. The molecule has 3 aromatic rings. The van der Waals surface area contributed by atoms with Crippen LogP contribution >= 0.6 is 0 Å². The van der Waals surface area contributed by atoms with Crippen molar-refractivity contribution in [2.75, 3.05) is 19.8 Å². The summed E-state index contributed by atoms with van der Waals surface area (Å²) in [6.45, 7) is 4.46. The van der Waals surface area contributed by atoms with E-state index in [1.165, 1.54) is 27.8 Å². The molecule has 6 heteroatoms. The smallest absolute Gasteiger partial charge is 0.304 e. The third kappa shape index (κ3) is 4.42. The highest BCUT2D eigenvalue weighted by Crippen LogP contribution is 2.43. The van der Waals surface area contributed by atoms with Crippen molar-refractivity contribution < 1.29 is 28.8 Å². The molecule has 3 aliphatic rings. The molecule has 1 saturated heterocycles. The molecule has 2 heterocycles. The van der Waals surface area contributed by atoms with Gasteiger partial charge in [0.2, 0.25) is 0 Å². The number of carboxylic acid groups (broad SMARTS) is 1. The van der Waals surface area contributed by atoms with Crippen LogP contribution < -0.4 is 14.2 Å². The van der Waals surface area contributed by atoms with Gasteiger partial charge in [-0.15, -0.1) is 0 Å². The van der Waals surface area contributed by atoms with Gasteiger partial charge in [0.25, 0.3) is 0 Å². The van der Waals surface area contributed by atoms with Crippen LogP contribution in [0.15, 0.2) is 48.5 Å². The molecule has 2 atom stereocenters. The molecular weight excluding hydrogens is 456 g/mol. The van der Waals surface area contributed by atoms with E-state index < -0.39 is 5.97 Å². The predicted octanol–water partition coefficient (Wildman–Crippen LogP) is 5.46. The van der Waals surface area contributed by atoms with E-state index in [0.717, 1.165) is 42.7 Å². The quantitative estimate of drug-likeness (QED) is 0.456. The van der Waals surface area contributed by atoms with Crippen molar-refractivity contribution in [3.05, 3.63) is 76.3 Å². The zero-order valence-corrected chi connectivity index (χ0v) is 20.4. The molecule has 0 radical (unpaired) electrons. The summed E-state index contributed by atoms with van der Waals surface area (Å²) in [5, 5.41) is 9.10. The van der Waals surface area contributed by atoms with Gasteiger partial charge in [0.1, 0.15) is 30.0 Å². The molecule has 0 bridgehead atoms. The normalized spacial score (nSPS) is 19.7. The molecule has 1 aliphatic carbocycles. The standard InChI is InChI=1S/C30H30O6/c1-18-11-28(36-23-9-10-33-17-23)25-7-8-26(25)30(18)20-4-2-3-19(12-20)15-34-22-5-6-24-21(13-29(31)32)16-35-27(24)14-22/h2-6,11-12,14,21,23H,7-10,13,15-17H2,1H3,(H,31,32). The van der Waals surface area contributed by atoms with Gasteiger partial charge in [-0.3, -0.25) is 4.79 Å². The fraction of sp³-hybridized carbons (Fsp3) is 0.367. The maximum atomic E-state index is 11.1. The monoisotopic (exact) mass is 486 g/mol. The Hall–Kier alpha value is -3.51. The average Bonchev–Trinajstić information content (AvgIpc) is 3.49. The van der Waals surface area contributed by atoms with Crippen LogP contribution in [0.5, 0.6) is 17.2 Å². The van der Waals surface area contributed by atoms with Crippen LogP contribution in [0.2, 0.25) is 0 Å². The molecular formula is C30H30O6. The molecule has 1 N–H and O–H groups in total. The maximum Gasteiger partial charge on any atom is 0.304 e. The molecule has 186 valence electrons. The zero-order chi connectivity index (χ0) is 24.6. The molecule has 6 nitrogen and oxygen atoms in total. The second kappa shape index (κ2) is 9.51. The highest BCUT2D eigenvalue weighted by atomic mass is 16.5. The lowest BCUT2D eigenvalue weighted by atomic mass is 9.79. The van der Waals surface area contributed by atoms with Crippen LogP contribution in [-0.4, -0.2) is 37.0 Å². The Bertz CT molecular complexity index is 1310. The number of hydrogen-bond acceptors (Lipinski definition) is 5. The van der Waals surface area contributed by atoms with Crippen molar-refractivity contribution >= 4 is 5.97 Å². The van der Waals surface area contributed by atoms with E-state index in [9.17, 15) is 4.79 Å². The summed E-state index contributed by atoms with van der Waals surface area (Å²) in [5.74, 6) is 1.54. The molecule has 6 rings (SSSR count). The number of rotatable bonds is 8. The van der Waals surface area contributed by atoms with Crippen LogP contribution in [0.25, 0.3) is 11.1 Å². The van der Waals surface area contributed by atoms with Crippen molar-refractivity contribution in [2.45, 2.75) is 51.2 Å². The molecule has 0 saturated carbocycles. The minimum absolute atomic E-state index is 0.0746. The lowest BCUT2D eigenvalue weighted by Crippen LogP contribution is -2.20. The molecule has 0 spiro atoms. The maximum absolute atomic E-state index is 11.1. The van der Waals surface area contributed by atoms with Gasteiger partial charge in [0.05, 0.1) is 26.2 Å². The molecule has 2 aliphatic heterocycles. The van der Waals surface area contributed by atoms with Gasteiger partial charge in [-0.25, -0.2) is 0 Å². The van der Waals surface area contributed by atoms with E-state index >= 15 is 0 Å². The molecule has 2 unspecified atom stereocenters. The van der Waals surface area contributed by atoms with E-state index in [-0.39, 0.29) is 18.4 Å². The predicted molar refractivity (Wildman–Crippen MR) is 135 cm³/mol. The first-order chi connectivity index (χ1) is 17.5. The molecule has 1 fully saturated rings. The summed E-state index contributed by atoms with van der Waals surface area (Å²) in [6.07, 6.45) is 3.32. The van der Waals surface area contributed by atoms with Crippen LogP contribution in [-0.2, 0) is 29.0 Å². The number of hydrogen-bond donors (Lipinski definition) is 1. The second-order valence-electron chi connectivity index (χ2n) is 9.92. The fourth-order valence-corrected chi connectivity index (χ4v) is 5.52. The van der Waals surface area contributed by atoms with Crippen LogP contribution in [0, 0.1) is 6.92 Å². The van der Waals surface area contributed by atoms with E-state index in [0.29, 0.717) is 31.3 Å². The summed E-state index contributed by atoms with van der Waals surface area (Å²) in [7, 11) is 0. The molecule has 3 aromatic carbocycles. The molecule has 36 heavy (non-hydrogen) atoms. The van der Waals surface area contributed by atoms with Gasteiger partial charge in [-0.05, 0) is 71.3 Å². The van der Waals surface area contributed by atoms with Crippen LogP contribution in [0.3, 0.4) is 0 Å². The first kappa shape index (κ1) is 22.9. The van der Waals surface area contributed by atoms with Crippen LogP contribution in [0.1, 0.15) is 46.6 Å². The largest absolute Gasteiger partial charge is 0.492 e. The number of ether oxygens (including phenoxy) is 4. The van der Waals surface area contributed by atoms with Gasteiger partial charge in [-0.2, -0.15) is 0 Å². The zero-order valence-electron chi connectivity index (χ0n) is 20.4. The van der Waals surface area contributed by atoms with Gasteiger partial charge >= 0.3 is 5.97 Å². The van der Waals surface area contributed by atoms with Crippen LogP contribution in [0.4, 0.5) is 0 Å². The Balaban J connectivity index is 1.18. The highest BCUT2D eigenvalue weighted by molar-refractivity contribution is 5.76. The first-order valence-electron chi connectivity index (χ1n) is 12.7. The van der Waals surface area contributed by atoms with E-state index in [1.807, 2.05) is 18.2 Å². The molecule has 0 aromatic heterocycles. The Kier molecular flexibility index (Phi) is 6.05. The number of carboxylic acids is 1. The first-order valence-corrected chi connectivity index (χ1v) is 12.7. The van der Waals surface area contributed by atoms with Crippen molar-refractivity contribution in [1.82, 2.24) is 0 Å². The number of fused-ring (bicyclic) bond motifs is 2. The SMILES string of the molecule is Cc1cc(OC2CCOC2)c2c(c1-c1cccc(COc3ccc4c(c3)OCC4CC(=O)O)c1)CC2. The highest BCUT2D eigenvalue weighted by Gasteiger charge is 2.28. The lowest BCUT2D eigenvalue weighted by Gasteiger charge is -2.29. The third-order valence-corrected chi connectivity index (χ3v) is 7.42. The number of benzene rings is 3. The Labute approximate surface area is 210 Å². The number of aliphatic carboxylic acids is 1. The van der Waals surface area contributed by atoms with Crippen molar-refractivity contribution in [1.29, 1.82) is 0 Å². The number of aryl methyl sites for hydroxylation is 1. The Morgan fingerprint density at radius 3 is 2.75 bits per heavy atom. The van der Waals surface area contributed by atoms with Gasteiger partial charge in [0.15, 0.2) is 0 Å². The van der Waals surface area contributed by atoms with Gasteiger partial charge < -0.3 is 24.1 Å². The lowest BCUT2D eigenvalue weighted by molar-refractivity contribution is -0.137.